The van der Waals surface area contributed by atoms with Crippen LogP contribution in [0.15, 0.2) is 0 Å². The van der Waals surface area contributed by atoms with E-state index < -0.39 is 30.2 Å². The maximum Gasteiger partial charge on any atom is 0.406 e. The first-order valence-corrected chi connectivity index (χ1v) is 5.52. The van der Waals surface area contributed by atoms with Crippen LogP contribution >= 0.6 is 0 Å². The molecule has 17 heavy (non-hydrogen) atoms. The van der Waals surface area contributed by atoms with E-state index in [4.69, 9.17) is 9.47 Å². The highest BCUT2D eigenvalue weighted by molar-refractivity contribution is 5.79. The van der Waals surface area contributed by atoms with Gasteiger partial charge in [-0.15, -0.1) is 0 Å². The number of carbonyl (C=O) groups is 1. The summed E-state index contributed by atoms with van der Waals surface area (Å²) in [6, 6.07) is 0. The van der Waals surface area contributed by atoms with E-state index in [0.29, 0.717) is 13.0 Å². The van der Waals surface area contributed by atoms with Gasteiger partial charge in [-0.05, 0) is 13.0 Å². The van der Waals surface area contributed by atoms with Crippen molar-refractivity contribution in [3.05, 3.63) is 0 Å². The van der Waals surface area contributed by atoms with Gasteiger partial charge in [-0.3, -0.25) is 4.79 Å². The molecule has 98 valence electrons. The van der Waals surface area contributed by atoms with Crippen LogP contribution in [0.2, 0.25) is 0 Å². The predicted molar refractivity (Wildman–Crippen MR) is 51.3 cm³/mol. The summed E-state index contributed by atoms with van der Waals surface area (Å²) in [6.45, 7) is 0.390. The van der Waals surface area contributed by atoms with Crippen molar-refractivity contribution in [2.24, 2.45) is 5.41 Å². The Labute approximate surface area is 96.4 Å². The quantitative estimate of drug-likeness (QED) is 0.741. The molecule has 0 radical (unpaired) electrons. The third-order valence-electron chi connectivity index (χ3n) is 3.25. The first kappa shape index (κ1) is 12.6. The summed E-state index contributed by atoms with van der Waals surface area (Å²) in [5.74, 6) is -1.18. The predicted octanol–water partition coefficient (Wildman–Crippen LogP) is 0.860. The molecule has 0 aromatic carbocycles. The van der Waals surface area contributed by atoms with Crippen molar-refractivity contribution in [2.45, 2.75) is 25.1 Å². The van der Waals surface area contributed by atoms with Crippen molar-refractivity contribution in [3.63, 3.8) is 0 Å². The average Bonchev–Trinajstić information content (AvgIpc) is 2.85. The molecule has 0 aliphatic carbocycles. The number of halogens is 3. The first-order chi connectivity index (χ1) is 7.96. The molecule has 2 fully saturated rings. The highest BCUT2D eigenvalue weighted by Gasteiger charge is 2.63. The van der Waals surface area contributed by atoms with Crippen LogP contribution in [-0.2, 0) is 14.3 Å². The summed E-state index contributed by atoms with van der Waals surface area (Å²) in [7, 11) is 0. The molecule has 7 heteroatoms. The van der Waals surface area contributed by atoms with Gasteiger partial charge in [0.2, 0.25) is 0 Å². The number of esters is 1. The number of hydrogen-bond donors (Lipinski definition) is 1. The molecule has 0 amide bonds. The van der Waals surface area contributed by atoms with Crippen molar-refractivity contribution in [3.8, 4) is 0 Å². The van der Waals surface area contributed by atoms with Gasteiger partial charge in [0, 0.05) is 13.0 Å². The Kier molecular flexibility index (Phi) is 3.31. The van der Waals surface area contributed by atoms with Crippen LogP contribution in [0.1, 0.15) is 12.8 Å². The lowest BCUT2D eigenvalue weighted by molar-refractivity contribution is -0.231. The van der Waals surface area contributed by atoms with E-state index in [2.05, 4.69) is 5.32 Å². The molecule has 4 nitrogen and oxygen atoms in total. The molecule has 0 aromatic heterocycles. The Morgan fingerprint density at radius 1 is 1.47 bits per heavy atom. The van der Waals surface area contributed by atoms with Gasteiger partial charge < -0.3 is 14.8 Å². The van der Waals surface area contributed by atoms with Crippen LogP contribution < -0.4 is 5.32 Å². The molecule has 0 spiro atoms. The SMILES string of the molecule is O=C(OC1CCOC1)C1(C(F)(F)F)CCNC1. The largest absolute Gasteiger partial charge is 0.459 e. The van der Waals surface area contributed by atoms with E-state index in [-0.39, 0.29) is 19.6 Å². The number of hydrogen-bond acceptors (Lipinski definition) is 4. The number of alkyl halides is 3. The van der Waals surface area contributed by atoms with Crippen LogP contribution in [0.5, 0.6) is 0 Å². The fourth-order valence-corrected chi connectivity index (χ4v) is 2.09. The second-order valence-corrected chi connectivity index (χ2v) is 4.40. The van der Waals surface area contributed by atoms with Gasteiger partial charge in [-0.25, -0.2) is 0 Å². The van der Waals surface area contributed by atoms with Crippen LogP contribution in [0.3, 0.4) is 0 Å². The zero-order valence-electron chi connectivity index (χ0n) is 9.18. The lowest BCUT2D eigenvalue weighted by Crippen LogP contribution is -2.48. The molecule has 2 heterocycles. The lowest BCUT2D eigenvalue weighted by atomic mass is 9.86. The molecule has 0 saturated carbocycles. The Balaban J connectivity index is 2.08. The molecule has 0 bridgehead atoms. The van der Waals surface area contributed by atoms with E-state index in [0.717, 1.165) is 0 Å². The van der Waals surface area contributed by atoms with Crippen LogP contribution in [0, 0.1) is 5.41 Å². The second kappa shape index (κ2) is 4.45. The fraction of sp³-hybridized carbons (Fsp3) is 0.900. The Morgan fingerprint density at radius 2 is 2.24 bits per heavy atom. The molecule has 1 N–H and O–H groups in total. The summed E-state index contributed by atoms with van der Waals surface area (Å²) in [5, 5.41) is 2.57. The van der Waals surface area contributed by atoms with Gasteiger partial charge in [0.15, 0.2) is 5.41 Å². The molecule has 2 unspecified atom stereocenters. The normalized spacial score (nSPS) is 33.9. The maximum atomic E-state index is 13.0. The fourth-order valence-electron chi connectivity index (χ4n) is 2.09. The van der Waals surface area contributed by atoms with Crippen molar-refractivity contribution in [2.75, 3.05) is 26.3 Å². The average molecular weight is 253 g/mol. The standard InChI is InChI=1S/C10H14F3NO3/c11-10(12,13)9(2-3-14-6-9)8(15)17-7-1-4-16-5-7/h7,14H,1-6H2. The zero-order chi connectivity index (χ0) is 12.5. The Bertz CT molecular complexity index is 294. The van der Waals surface area contributed by atoms with Gasteiger partial charge in [-0.1, -0.05) is 0 Å². The van der Waals surface area contributed by atoms with Gasteiger partial charge in [0.1, 0.15) is 6.10 Å². The molecular formula is C10H14F3NO3. The van der Waals surface area contributed by atoms with Gasteiger partial charge >= 0.3 is 12.1 Å². The molecular weight excluding hydrogens is 239 g/mol. The molecule has 0 aromatic rings. The molecule has 2 aliphatic heterocycles. The number of carbonyl (C=O) groups excluding carboxylic acids is 1. The third-order valence-corrected chi connectivity index (χ3v) is 3.25. The molecule has 2 atom stereocenters. The minimum atomic E-state index is -4.58. The van der Waals surface area contributed by atoms with E-state index in [1.165, 1.54) is 0 Å². The highest BCUT2D eigenvalue weighted by Crippen LogP contribution is 2.44. The van der Waals surface area contributed by atoms with Crippen molar-refractivity contribution in [1.29, 1.82) is 0 Å². The lowest BCUT2D eigenvalue weighted by Gasteiger charge is -2.29. The monoisotopic (exact) mass is 253 g/mol. The summed E-state index contributed by atoms with van der Waals surface area (Å²) in [6.07, 6.45) is -4.91. The minimum absolute atomic E-state index is 0.176. The summed E-state index contributed by atoms with van der Waals surface area (Å²) < 4.78 is 48.8. The van der Waals surface area contributed by atoms with Crippen molar-refractivity contribution >= 4 is 5.97 Å². The Morgan fingerprint density at radius 3 is 2.71 bits per heavy atom. The van der Waals surface area contributed by atoms with Gasteiger partial charge in [0.25, 0.3) is 0 Å². The Hall–Kier alpha value is -0.820. The molecule has 2 saturated heterocycles. The van der Waals surface area contributed by atoms with E-state index in [9.17, 15) is 18.0 Å². The minimum Gasteiger partial charge on any atom is -0.459 e. The molecule has 2 rings (SSSR count). The van der Waals surface area contributed by atoms with Crippen molar-refractivity contribution in [1.82, 2.24) is 5.32 Å². The van der Waals surface area contributed by atoms with E-state index >= 15 is 0 Å². The summed E-state index contributed by atoms with van der Waals surface area (Å²) >= 11 is 0. The number of ether oxygens (including phenoxy) is 2. The first-order valence-electron chi connectivity index (χ1n) is 5.52. The molecule has 2 aliphatic rings. The number of nitrogens with one attached hydrogen (secondary N) is 1. The second-order valence-electron chi connectivity index (χ2n) is 4.40. The van der Waals surface area contributed by atoms with Crippen LogP contribution in [-0.4, -0.2) is 44.6 Å². The summed E-state index contributed by atoms with van der Waals surface area (Å²) in [4.78, 5) is 11.7. The van der Waals surface area contributed by atoms with Crippen molar-refractivity contribution < 1.29 is 27.4 Å². The van der Waals surface area contributed by atoms with E-state index in [1.54, 1.807) is 0 Å². The third kappa shape index (κ3) is 2.26. The topological polar surface area (TPSA) is 47.6 Å². The smallest absolute Gasteiger partial charge is 0.406 e. The van der Waals surface area contributed by atoms with Crippen LogP contribution in [0.4, 0.5) is 13.2 Å². The van der Waals surface area contributed by atoms with Crippen LogP contribution in [0.25, 0.3) is 0 Å². The number of rotatable bonds is 2. The maximum absolute atomic E-state index is 13.0. The highest BCUT2D eigenvalue weighted by atomic mass is 19.4. The zero-order valence-corrected chi connectivity index (χ0v) is 9.18. The van der Waals surface area contributed by atoms with Gasteiger partial charge in [-0.2, -0.15) is 13.2 Å². The van der Waals surface area contributed by atoms with E-state index in [1.807, 2.05) is 0 Å². The summed E-state index contributed by atoms with van der Waals surface area (Å²) in [5.41, 5.74) is -2.38. The van der Waals surface area contributed by atoms with Gasteiger partial charge in [0.05, 0.1) is 13.2 Å².